The molecule has 0 bridgehead atoms. The molecule has 1 aromatic carbocycles. The topological polar surface area (TPSA) is 81.6 Å². The molecule has 0 unspecified atom stereocenters. The second kappa shape index (κ2) is 6.81. The van der Waals surface area contributed by atoms with Crippen molar-refractivity contribution < 1.29 is 18.4 Å². The molecule has 0 radical (unpaired) electrons. The van der Waals surface area contributed by atoms with Gasteiger partial charge in [0, 0.05) is 37.9 Å². The number of carbonyl (C=O) groups is 1. The van der Waals surface area contributed by atoms with E-state index in [-0.39, 0.29) is 24.5 Å². The molecule has 3 heterocycles. The Labute approximate surface area is 157 Å². The normalized spacial score (nSPS) is 19.9. The second-order valence-electron chi connectivity index (χ2n) is 7.14. The number of benzene rings is 1. The lowest BCUT2D eigenvalue weighted by Gasteiger charge is -2.21. The van der Waals surface area contributed by atoms with Crippen LogP contribution >= 0.6 is 0 Å². The Bertz CT molecular complexity index is 990. The maximum absolute atomic E-state index is 13.1. The minimum absolute atomic E-state index is 0.00340. The fourth-order valence-corrected chi connectivity index (χ4v) is 3.71. The zero-order valence-corrected chi connectivity index (χ0v) is 16.0. The van der Waals surface area contributed by atoms with E-state index in [4.69, 9.17) is 13.6 Å². The van der Waals surface area contributed by atoms with Crippen molar-refractivity contribution in [2.45, 2.75) is 45.8 Å². The Morgan fingerprint density at radius 2 is 2.11 bits per heavy atom. The van der Waals surface area contributed by atoms with Crippen molar-refractivity contribution in [3.8, 4) is 0 Å². The van der Waals surface area contributed by atoms with Gasteiger partial charge in [0.15, 0.2) is 0 Å². The van der Waals surface area contributed by atoms with Gasteiger partial charge in [0.05, 0.1) is 18.8 Å². The van der Waals surface area contributed by atoms with Crippen LogP contribution in [0.25, 0.3) is 11.0 Å². The lowest BCUT2D eigenvalue weighted by molar-refractivity contribution is -0.132. The lowest BCUT2D eigenvalue weighted by Crippen LogP contribution is -2.33. The van der Waals surface area contributed by atoms with E-state index in [0.717, 1.165) is 22.1 Å². The largest absolute Gasteiger partial charge is 0.464 e. The molecule has 1 fully saturated rings. The molecular weight excluding hydrogens is 346 g/mol. The van der Waals surface area contributed by atoms with Gasteiger partial charge in [0.1, 0.15) is 11.6 Å². The molecule has 1 saturated heterocycles. The molecule has 0 N–H and O–H groups in total. The fourth-order valence-electron chi connectivity index (χ4n) is 3.71. The molecular formula is C20H23N3O4. The first kappa shape index (κ1) is 17.7. The molecule has 2 atom stereocenters. The third kappa shape index (κ3) is 3.12. The number of fused-ring (bicyclic) bond motifs is 1. The van der Waals surface area contributed by atoms with Crippen LogP contribution in [0.2, 0.25) is 0 Å². The van der Waals surface area contributed by atoms with Crippen LogP contribution in [-0.2, 0) is 16.0 Å². The van der Waals surface area contributed by atoms with E-state index in [0.29, 0.717) is 24.7 Å². The number of aryl methyl sites for hydroxylation is 3. The standard InChI is InChI=1S/C20H23N3O4/c1-11-5-6-16-14(10-26-19(16)12(11)2)7-18(24)23-9-15(25-4)8-17(23)20-22-21-13(3)27-20/h5-6,10,15,17H,7-9H2,1-4H3/t15-,17+/m0/s1. The molecule has 7 heteroatoms. The summed E-state index contributed by atoms with van der Waals surface area (Å²) in [6.07, 6.45) is 2.55. The monoisotopic (exact) mass is 369 g/mol. The van der Waals surface area contributed by atoms with Gasteiger partial charge in [-0.3, -0.25) is 4.79 Å². The summed E-state index contributed by atoms with van der Waals surface area (Å²) < 4.78 is 16.8. The van der Waals surface area contributed by atoms with Gasteiger partial charge in [-0.1, -0.05) is 12.1 Å². The molecule has 2 aromatic heterocycles. The Morgan fingerprint density at radius 1 is 1.30 bits per heavy atom. The number of amides is 1. The van der Waals surface area contributed by atoms with Crippen molar-refractivity contribution in [1.82, 2.24) is 15.1 Å². The summed E-state index contributed by atoms with van der Waals surface area (Å²) in [7, 11) is 1.66. The maximum Gasteiger partial charge on any atom is 0.239 e. The minimum atomic E-state index is -0.259. The molecule has 4 rings (SSSR count). The fraction of sp³-hybridized carbons (Fsp3) is 0.450. The number of hydrogen-bond acceptors (Lipinski definition) is 6. The van der Waals surface area contributed by atoms with E-state index < -0.39 is 0 Å². The number of carbonyl (C=O) groups excluding carboxylic acids is 1. The van der Waals surface area contributed by atoms with Crippen molar-refractivity contribution in [2.24, 2.45) is 0 Å². The highest BCUT2D eigenvalue weighted by molar-refractivity contribution is 5.89. The third-order valence-electron chi connectivity index (χ3n) is 5.43. The Hall–Kier alpha value is -2.67. The molecule has 1 aliphatic heterocycles. The highest BCUT2D eigenvalue weighted by Crippen LogP contribution is 2.34. The van der Waals surface area contributed by atoms with Crippen LogP contribution in [0.4, 0.5) is 0 Å². The highest BCUT2D eigenvalue weighted by Gasteiger charge is 2.39. The SMILES string of the molecule is CO[C@H]1C[C@H](c2nnc(C)o2)N(C(=O)Cc2coc3c(C)c(C)ccc23)C1. The maximum atomic E-state index is 13.1. The molecule has 0 spiro atoms. The van der Waals surface area contributed by atoms with Crippen molar-refractivity contribution in [3.05, 3.63) is 46.9 Å². The van der Waals surface area contributed by atoms with Crippen LogP contribution in [-0.4, -0.2) is 40.8 Å². The van der Waals surface area contributed by atoms with Gasteiger partial charge in [-0.15, -0.1) is 10.2 Å². The summed E-state index contributed by atoms with van der Waals surface area (Å²) in [5.41, 5.74) is 4.01. The summed E-state index contributed by atoms with van der Waals surface area (Å²) in [5, 5.41) is 9.00. The zero-order valence-electron chi connectivity index (χ0n) is 16.0. The minimum Gasteiger partial charge on any atom is -0.464 e. The van der Waals surface area contributed by atoms with Crippen LogP contribution < -0.4 is 0 Å². The molecule has 7 nitrogen and oxygen atoms in total. The first-order chi connectivity index (χ1) is 13.0. The first-order valence-electron chi connectivity index (χ1n) is 9.06. The molecule has 1 amide bonds. The van der Waals surface area contributed by atoms with Gasteiger partial charge in [-0.05, 0) is 25.0 Å². The number of aromatic nitrogens is 2. The summed E-state index contributed by atoms with van der Waals surface area (Å²) >= 11 is 0. The number of rotatable bonds is 4. The number of nitrogens with zero attached hydrogens (tertiary/aromatic N) is 3. The van der Waals surface area contributed by atoms with E-state index in [2.05, 4.69) is 16.3 Å². The van der Waals surface area contributed by atoms with E-state index in [1.807, 2.05) is 19.9 Å². The van der Waals surface area contributed by atoms with Crippen LogP contribution in [0, 0.1) is 20.8 Å². The van der Waals surface area contributed by atoms with Gasteiger partial charge >= 0.3 is 0 Å². The smallest absolute Gasteiger partial charge is 0.239 e. The Balaban J connectivity index is 1.60. The molecule has 1 aliphatic rings. The van der Waals surface area contributed by atoms with E-state index in [9.17, 15) is 4.79 Å². The number of methoxy groups -OCH3 is 1. The first-order valence-corrected chi connectivity index (χ1v) is 9.06. The van der Waals surface area contributed by atoms with Gasteiger partial charge in [-0.2, -0.15) is 0 Å². The number of ether oxygens (including phenoxy) is 1. The van der Waals surface area contributed by atoms with E-state index in [1.165, 1.54) is 5.56 Å². The number of furan rings is 1. The average molecular weight is 369 g/mol. The van der Waals surface area contributed by atoms with Crippen molar-refractivity contribution in [2.75, 3.05) is 13.7 Å². The van der Waals surface area contributed by atoms with Gasteiger partial charge < -0.3 is 18.5 Å². The van der Waals surface area contributed by atoms with E-state index in [1.54, 1.807) is 25.2 Å². The molecule has 3 aromatic rings. The van der Waals surface area contributed by atoms with E-state index >= 15 is 0 Å². The van der Waals surface area contributed by atoms with Crippen molar-refractivity contribution in [1.29, 1.82) is 0 Å². The van der Waals surface area contributed by atoms with Crippen molar-refractivity contribution >= 4 is 16.9 Å². The average Bonchev–Trinajstić information content (AvgIpc) is 3.36. The molecule has 0 aliphatic carbocycles. The Morgan fingerprint density at radius 3 is 2.81 bits per heavy atom. The quantitative estimate of drug-likeness (QED) is 0.702. The zero-order chi connectivity index (χ0) is 19.1. The van der Waals surface area contributed by atoms with Gasteiger partial charge in [0.2, 0.25) is 17.7 Å². The predicted molar refractivity (Wildman–Crippen MR) is 98.3 cm³/mol. The predicted octanol–water partition coefficient (Wildman–Crippen LogP) is 3.27. The summed E-state index contributed by atoms with van der Waals surface area (Å²) in [6.45, 7) is 6.33. The molecule has 0 saturated carbocycles. The van der Waals surface area contributed by atoms with Crippen molar-refractivity contribution in [3.63, 3.8) is 0 Å². The van der Waals surface area contributed by atoms with Gasteiger partial charge in [-0.25, -0.2) is 0 Å². The lowest BCUT2D eigenvalue weighted by atomic mass is 10.0. The number of hydrogen-bond donors (Lipinski definition) is 0. The van der Waals surface area contributed by atoms with Crippen LogP contribution in [0.5, 0.6) is 0 Å². The summed E-state index contributed by atoms with van der Waals surface area (Å²) in [6, 6.07) is 3.82. The van der Waals surface area contributed by atoms with Crippen LogP contribution in [0.15, 0.2) is 27.2 Å². The third-order valence-corrected chi connectivity index (χ3v) is 5.43. The van der Waals surface area contributed by atoms with Crippen LogP contribution in [0.1, 0.15) is 40.9 Å². The van der Waals surface area contributed by atoms with Crippen LogP contribution in [0.3, 0.4) is 0 Å². The Kier molecular flexibility index (Phi) is 4.47. The molecule has 27 heavy (non-hydrogen) atoms. The second-order valence-corrected chi connectivity index (χ2v) is 7.14. The number of likely N-dealkylation sites (tertiary alicyclic amines) is 1. The summed E-state index contributed by atoms with van der Waals surface area (Å²) in [4.78, 5) is 14.9. The highest BCUT2D eigenvalue weighted by atomic mass is 16.5. The van der Waals surface area contributed by atoms with Gasteiger partial charge in [0.25, 0.3) is 0 Å². The molecule has 142 valence electrons. The summed E-state index contributed by atoms with van der Waals surface area (Å²) in [5.74, 6) is 0.949.